The summed E-state index contributed by atoms with van der Waals surface area (Å²) in [6, 6.07) is 7.73. The molecule has 3 heteroatoms. The number of phenols is 2. The summed E-state index contributed by atoms with van der Waals surface area (Å²) in [7, 11) is 0. The lowest BCUT2D eigenvalue weighted by molar-refractivity contribution is 0.443. The van der Waals surface area contributed by atoms with Gasteiger partial charge in [-0.25, -0.2) is 0 Å². The maximum Gasteiger partial charge on any atom is 0.122 e. The summed E-state index contributed by atoms with van der Waals surface area (Å²) in [5.41, 5.74) is 10.7. The summed E-state index contributed by atoms with van der Waals surface area (Å²) in [6.45, 7) is 5.50. The molecule has 0 atom stereocenters. The Morgan fingerprint density at radius 1 is 0.800 bits per heavy atom. The Kier molecular flexibility index (Phi) is 3.89. The maximum atomic E-state index is 10.3. The topological polar surface area (TPSA) is 66.5 Å². The molecule has 0 aliphatic rings. The highest BCUT2D eigenvalue weighted by Crippen LogP contribution is 2.36. The minimum absolute atomic E-state index is 0.285. The van der Waals surface area contributed by atoms with Gasteiger partial charge in [0, 0.05) is 11.3 Å². The molecular formula is C17H21NO2. The van der Waals surface area contributed by atoms with Crippen LogP contribution in [0.2, 0.25) is 0 Å². The van der Waals surface area contributed by atoms with E-state index in [9.17, 15) is 10.2 Å². The van der Waals surface area contributed by atoms with Crippen LogP contribution in [0.5, 0.6) is 11.5 Å². The van der Waals surface area contributed by atoms with Gasteiger partial charge < -0.3 is 15.9 Å². The monoisotopic (exact) mass is 271 g/mol. The molecular weight excluding hydrogens is 250 g/mol. The fourth-order valence-electron chi connectivity index (χ4n) is 2.44. The molecule has 0 bridgehead atoms. The van der Waals surface area contributed by atoms with E-state index in [0.29, 0.717) is 12.2 Å². The number of aromatic hydroxyl groups is 2. The summed E-state index contributed by atoms with van der Waals surface area (Å²) >= 11 is 0. The molecule has 20 heavy (non-hydrogen) atoms. The number of hydrogen-bond acceptors (Lipinski definition) is 3. The van der Waals surface area contributed by atoms with E-state index < -0.39 is 0 Å². The molecule has 0 amide bonds. The molecule has 0 saturated carbocycles. The quantitative estimate of drug-likeness (QED) is 0.592. The van der Waals surface area contributed by atoms with Crippen LogP contribution in [-0.2, 0) is 12.8 Å². The Morgan fingerprint density at radius 2 is 1.35 bits per heavy atom. The molecule has 0 unspecified atom stereocenters. The number of rotatable bonds is 3. The van der Waals surface area contributed by atoms with Gasteiger partial charge in [0.1, 0.15) is 11.5 Å². The van der Waals surface area contributed by atoms with E-state index in [4.69, 9.17) is 5.73 Å². The molecule has 2 rings (SSSR count). The van der Waals surface area contributed by atoms with Crippen molar-refractivity contribution < 1.29 is 10.2 Å². The maximum absolute atomic E-state index is 10.3. The summed E-state index contributed by atoms with van der Waals surface area (Å²) in [5, 5.41) is 20.4. The van der Waals surface area contributed by atoms with Crippen molar-refractivity contribution in [3.8, 4) is 11.5 Å². The number of nitrogens with two attached hydrogens (primary N) is 1. The minimum Gasteiger partial charge on any atom is -0.507 e. The van der Waals surface area contributed by atoms with E-state index in [2.05, 4.69) is 0 Å². The SMILES string of the molecule is Cc1c(C)c(O)c(CCc2ccc(N)cc2)c(C)c1O. The number of aryl methyl sites for hydroxylation is 1. The van der Waals surface area contributed by atoms with Gasteiger partial charge in [0.25, 0.3) is 0 Å². The summed E-state index contributed by atoms with van der Waals surface area (Å²) in [6.07, 6.45) is 1.49. The van der Waals surface area contributed by atoms with Crippen LogP contribution in [0.15, 0.2) is 24.3 Å². The second-order valence-electron chi connectivity index (χ2n) is 5.29. The van der Waals surface area contributed by atoms with Gasteiger partial charge >= 0.3 is 0 Å². The average molecular weight is 271 g/mol. The predicted octanol–water partition coefficient (Wildman–Crippen LogP) is 3.39. The van der Waals surface area contributed by atoms with E-state index in [0.717, 1.165) is 39.9 Å². The van der Waals surface area contributed by atoms with E-state index in [1.54, 1.807) is 0 Å². The van der Waals surface area contributed by atoms with E-state index >= 15 is 0 Å². The first-order valence-electron chi connectivity index (χ1n) is 6.76. The van der Waals surface area contributed by atoms with Crippen LogP contribution in [0.4, 0.5) is 5.69 Å². The third-order valence-electron chi connectivity index (χ3n) is 4.01. The smallest absolute Gasteiger partial charge is 0.122 e. The zero-order valence-electron chi connectivity index (χ0n) is 12.2. The van der Waals surface area contributed by atoms with Crippen molar-refractivity contribution in [3.63, 3.8) is 0 Å². The largest absolute Gasteiger partial charge is 0.507 e. The Labute approximate surface area is 119 Å². The molecule has 0 fully saturated rings. The standard InChI is InChI=1S/C17H21NO2/c1-10-11(2)17(20)15(12(3)16(10)19)9-6-13-4-7-14(18)8-5-13/h4-5,7-8,19-20H,6,9,18H2,1-3H3. The van der Waals surface area contributed by atoms with Crippen molar-refractivity contribution >= 4 is 5.69 Å². The van der Waals surface area contributed by atoms with Gasteiger partial charge in [-0.05, 0) is 68.0 Å². The molecule has 0 spiro atoms. The van der Waals surface area contributed by atoms with Crippen LogP contribution in [0, 0.1) is 20.8 Å². The number of hydrogen-bond donors (Lipinski definition) is 3. The van der Waals surface area contributed by atoms with Crippen molar-refractivity contribution in [2.24, 2.45) is 0 Å². The molecule has 0 heterocycles. The first-order valence-corrected chi connectivity index (χ1v) is 6.76. The molecule has 0 saturated heterocycles. The number of benzene rings is 2. The van der Waals surface area contributed by atoms with Crippen molar-refractivity contribution in [3.05, 3.63) is 52.1 Å². The van der Waals surface area contributed by atoms with Crippen LogP contribution < -0.4 is 5.73 Å². The fourth-order valence-corrected chi connectivity index (χ4v) is 2.44. The first kappa shape index (κ1) is 14.3. The Bertz CT molecular complexity index is 601. The molecule has 2 aromatic carbocycles. The summed E-state index contributed by atoms with van der Waals surface area (Å²) < 4.78 is 0. The molecule has 4 N–H and O–H groups in total. The van der Waals surface area contributed by atoms with Crippen LogP contribution in [0.1, 0.15) is 27.8 Å². The van der Waals surface area contributed by atoms with Gasteiger partial charge in [0.2, 0.25) is 0 Å². The Hall–Kier alpha value is -2.16. The highest BCUT2D eigenvalue weighted by atomic mass is 16.3. The van der Waals surface area contributed by atoms with E-state index in [-0.39, 0.29) is 5.75 Å². The first-order chi connectivity index (χ1) is 9.41. The van der Waals surface area contributed by atoms with Gasteiger partial charge in [-0.1, -0.05) is 12.1 Å². The lowest BCUT2D eigenvalue weighted by atomic mass is 9.93. The average Bonchev–Trinajstić information content (AvgIpc) is 2.45. The molecule has 0 aliphatic carbocycles. The third-order valence-corrected chi connectivity index (χ3v) is 4.01. The van der Waals surface area contributed by atoms with Crippen molar-refractivity contribution in [2.45, 2.75) is 33.6 Å². The molecule has 2 aromatic rings. The molecule has 0 radical (unpaired) electrons. The lowest BCUT2D eigenvalue weighted by Crippen LogP contribution is -1.99. The van der Waals surface area contributed by atoms with E-state index in [1.807, 2.05) is 45.0 Å². The van der Waals surface area contributed by atoms with Crippen molar-refractivity contribution in [2.75, 3.05) is 5.73 Å². The van der Waals surface area contributed by atoms with Crippen molar-refractivity contribution in [1.29, 1.82) is 0 Å². The Morgan fingerprint density at radius 3 is 1.95 bits per heavy atom. The summed E-state index contributed by atoms with van der Waals surface area (Å²) in [4.78, 5) is 0. The molecule has 0 aliphatic heterocycles. The third kappa shape index (κ3) is 2.57. The normalized spacial score (nSPS) is 10.8. The predicted molar refractivity (Wildman–Crippen MR) is 82.2 cm³/mol. The highest BCUT2D eigenvalue weighted by Gasteiger charge is 2.16. The fraction of sp³-hybridized carbons (Fsp3) is 0.294. The zero-order valence-corrected chi connectivity index (χ0v) is 12.2. The van der Waals surface area contributed by atoms with Crippen LogP contribution in [0.3, 0.4) is 0 Å². The second kappa shape index (κ2) is 5.45. The van der Waals surface area contributed by atoms with Crippen LogP contribution in [-0.4, -0.2) is 10.2 Å². The van der Waals surface area contributed by atoms with Crippen molar-refractivity contribution in [1.82, 2.24) is 0 Å². The molecule has 3 nitrogen and oxygen atoms in total. The van der Waals surface area contributed by atoms with Gasteiger partial charge in [0.15, 0.2) is 0 Å². The van der Waals surface area contributed by atoms with Crippen LogP contribution >= 0.6 is 0 Å². The second-order valence-corrected chi connectivity index (χ2v) is 5.29. The molecule has 106 valence electrons. The van der Waals surface area contributed by atoms with Gasteiger partial charge in [-0.3, -0.25) is 0 Å². The minimum atomic E-state index is 0.285. The van der Waals surface area contributed by atoms with Gasteiger partial charge in [-0.2, -0.15) is 0 Å². The van der Waals surface area contributed by atoms with E-state index in [1.165, 1.54) is 0 Å². The number of nitrogen functional groups attached to an aromatic ring is 1. The lowest BCUT2D eigenvalue weighted by Gasteiger charge is -2.16. The zero-order chi connectivity index (χ0) is 14.9. The van der Waals surface area contributed by atoms with Crippen LogP contribution in [0.25, 0.3) is 0 Å². The number of anilines is 1. The summed E-state index contributed by atoms with van der Waals surface area (Å²) in [5.74, 6) is 0.584. The number of phenolic OH excluding ortho intramolecular Hbond substituents is 2. The molecule has 0 aromatic heterocycles. The van der Waals surface area contributed by atoms with Gasteiger partial charge in [0.05, 0.1) is 0 Å². The highest BCUT2D eigenvalue weighted by molar-refractivity contribution is 5.56. The van der Waals surface area contributed by atoms with Gasteiger partial charge in [-0.15, -0.1) is 0 Å². The Balaban J connectivity index is 2.28.